The third-order valence-electron chi connectivity index (χ3n) is 2.97. The van der Waals surface area contributed by atoms with Gasteiger partial charge in [0.2, 0.25) is 0 Å². The fourth-order valence-electron chi connectivity index (χ4n) is 2.00. The normalized spacial score (nSPS) is 20.0. The van der Waals surface area contributed by atoms with E-state index in [4.69, 9.17) is 0 Å². The fraction of sp³-hybridized carbons (Fsp3) is 0. The molecule has 0 N–H and O–H groups in total. The fourth-order valence-corrected chi connectivity index (χ4v) is 2.85. The van der Waals surface area contributed by atoms with Crippen LogP contribution in [0, 0.1) is 63.2 Å². The first kappa shape index (κ1) is 15.9. The maximum Gasteiger partial charge on any atom is 2.00 e. The maximum atomic E-state index is 12.3. The molecule has 2 saturated carbocycles. The van der Waals surface area contributed by atoms with Crippen molar-refractivity contribution in [3.63, 3.8) is 0 Å². The smallest absolute Gasteiger partial charge is 0.293 e. The van der Waals surface area contributed by atoms with Crippen molar-refractivity contribution in [1.82, 2.24) is 0 Å². The first-order valence-electron chi connectivity index (χ1n) is 5.87. The second-order valence-corrected chi connectivity index (χ2v) is 5.08. The Morgan fingerprint density at radius 1 is 0.800 bits per heavy atom. The number of Topliss-reactive ketones (excluding diaryl/α,β-unsaturated/α-hetero) is 2. The van der Waals surface area contributed by atoms with Gasteiger partial charge in [-0.2, -0.15) is 0 Å². The van der Waals surface area contributed by atoms with Gasteiger partial charge in [-0.25, -0.2) is 0 Å². The van der Waals surface area contributed by atoms with Gasteiger partial charge in [-0.3, -0.25) is 9.59 Å². The first-order chi connectivity index (χ1) is 9.27. The molecule has 0 aromatic carbocycles. The molecule has 0 atom stereocenters. The van der Waals surface area contributed by atoms with E-state index in [1.807, 2.05) is 25.7 Å². The largest absolute Gasteiger partial charge is 2.00 e. The van der Waals surface area contributed by atoms with E-state index in [1.165, 1.54) is 11.3 Å². The zero-order valence-electron chi connectivity index (χ0n) is 10.4. The molecule has 2 aliphatic carbocycles. The standard InChI is InChI=1S/C16H10O2S.Fe/c17-14(11-5-1-2-6-11)13-9-10-19-16(13)15(18)12-7-3-4-8-12;/h1-10H;/q;+2. The molecule has 0 saturated heterocycles. The van der Waals surface area contributed by atoms with Crippen LogP contribution in [0.15, 0.2) is 11.4 Å². The Morgan fingerprint density at radius 3 is 1.85 bits per heavy atom. The van der Waals surface area contributed by atoms with Crippen molar-refractivity contribution < 1.29 is 26.7 Å². The zero-order chi connectivity index (χ0) is 13.2. The molecule has 4 heteroatoms. The third kappa shape index (κ3) is 3.08. The summed E-state index contributed by atoms with van der Waals surface area (Å²) in [5, 5.41) is 1.78. The predicted octanol–water partition coefficient (Wildman–Crippen LogP) is 2.92. The van der Waals surface area contributed by atoms with Crippen LogP contribution in [0.5, 0.6) is 0 Å². The third-order valence-corrected chi connectivity index (χ3v) is 3.88. The topological polar surface area (TPSA) is 34.1 Å². The molecular formula is C16H10FeO2S+2. The summed E-state index contributed by atoms with van der Waals surface area (Å²) in [5.41, 5.74) is 0.488. The van der Waals surface area contributed by atoms with Gasteiger partial charge >= 0.3 is 17.1 Å². The molecule has 1 aromatic rings. The van der Waals surface area contributed by atoms with Gasteiger partial charge in [0.05, 0.1) is 16.7 Å². The van der Waals surface area contributed by atoms with Gasteiger partial charge in [0, 0.05) is 5.56 Å². The van der Waals surface area contributed by atoms with E-state index in [-0.39, 0.29) is 28.6 Å². The Balaban J connectivity index is 0.00000147. The summed E-state index contributed by atoms with van der Waals surface area (Å²) in [7, 11) is 0. The number of carbonyl (C=O) groups is 2. The van der Waals surface area contributed by atoms with E-state index in [0.717, 1.165) is 0 Å². The van der Waals surface area contributed by atoms with Crippen LogP contribution < -0.4 is 0 Å². The minimum absolute atomic E-state index is 0. The zero-order valence-corrected chi connectivity index (χ0v) is 12.3. The monoisotopic (exact) mass is 322 g/mol. The Hall–Kier alpha value is -0.441. The number of thiophene rings is 1. The van der Waals surface area contributed by atoms with Crippen LogP contribution >= 0.6 is 11.3 Å². The van der Waals surface area contributed by atoms with Crippen molar-refractivity contribution in [2.24, 2.45) is 0 Å². The van der Waals surface area contributed by atoms with E-state index in [1.54, 1.807) is 37.1 Å². The molecule has 2 fully saturated rings. The number of hydrogen-bond acceptors (Lipinski definition) is 3. The molecule has 2 nitrogen and oxygen atoms in total. The molecule has 10 radical (unpaired) electrons. The van der Waals surface area contributed by atoms with Crippen molar-refractivity contribution in [2.45, 2.75) is 0 Å². The molecule has 2 aliphatic rings. The number of ketones is 2. The Labute approximate surface area is 134 Å². The second kappa shape index (κ2) is 7.02. The summed E-state index contributed by atoms with van der Waals surface area (Å²) in [6, 6.07) is 1.72. The minimum atomic E-state index is -0.0962. The Morgan fingerprint density at radius 2 is 1.30 bits per heavy atom. The summed E-state index contributed by atoms with van der Waals surface area (Å²) in [6.07, 6.45) is 14.3. The summed E-state index contributed by atoms with van der Waals surface area (Å²) in [4.78, 5) is 25.2. The van der Waals surface area contributed by atoms with E-state index in [0.29, 0.717) is 22.3 Å². The Kier molecular flexibility index (Phi) is 5.59. The van der Waals surface area contributed by atoms with Gasteiger partial charge in [0.1, 0.15) is 0 Å². The van der Waals surface area contributed by atoms with Crippen molar-refractivity contribution in [3.8, 4) is 0 Å². The van der Waals surface area contributed by atoms with E-state index in [2.05, 4.69) is 0 Å². The molecule has 3 rings (SSSR count). The molecule has 20 heavy (non-hydrogen) atoms. The Bertz CT molecular complexity index is 440. The second-order valence-electron chi connectivity index (χ2n) is 4.17. The average Bonchev–Trinajstić information content (AvgIpc) is 3.16. The number of carbonyl (C=O) groups excluding carboxylic acids is 2. The summed E-state index contributed by atoms with van der Waals surface area (Å²) >= 11 is 1.31. The van der Waals surface area contributed by atoms with Gasteiger partial charge in [-0.05, 0) is 62.8 Å². The van der Waals surface area contributed by atoms with Gasteiger partial charge in [-0.15, -0.1) is 11.3 Å². The maximum absolute atomic E-state index is 12.3. The van der Waals surface area contributed by atoms with Crippen molar-refractivity contribution in [1.29, 1.82) is 0 Å². The van der Waals surface area contributed by atoms with Crippen LogP contribution in [0.25, 0.3) is 0 Å². The SMILES string of the molecule is O=C([C]1[CH][CH][CH][CH]1)c1ccsc1C(=O)[C]1[CH][CH][CH][CH]1.[Fe+2]. The van der Waals surface area contributed by atoms with Gasteiger partial charge in [0.15, 0.2) is 11.6 Å². The van der Waals surface area contributed by atoms with Crippen molar-refractivity contribution in [2.75, 3.05) is 0 Å². The summed E-state index contributed by atoms with van der Waals surface area (Å²) < 4.78 is 0. The molecular weight excluding hydrogens is 312 g/mol. The molecule has 0 unspecified atom stereocenters. The van der Waals surface area contributed by atoms with Crippen LogP contribution in [-0.2, 0) is 17.1 Å². The summed E-state index contributed by atoms with van der Waals surface area (Å²) in [6.45, 7) is 0. The minimum Gasteiger partial charge on any atom is -0.293 e. The van der Waals surface area contributed by atoms with Gasteiger partial charge in [0.25, 0.3) is 0 Å². The van der Waals surface area contributed by atoms with Crippen LogP contribution in [0.2, 0.25) is 0 Å². The molecule has 0 amide bonds. The van der Waals surface area contributed by atoms with Crippen LogP contribution in [0.3, 0.4) is 0 Å². The van der Waals surface area contributed by atoms with Crippen molar-refractivity contribution >= 4 is 22.9 Å². The molecule has 98 valence electrons. The first-order valence-corrected chi connectivity index (χ1v) is 6.75. The van der Waals surface area contributed by atoms with E-state index < -0.39 is 0 Å². The molecule has 0 aliphatic heterocycles. The number of rotatable bonds is 4. The van der Waals surface area contributed by atoms with Crippen LogP contribution in [0.1, 0.15) is 20.0 Å². The van der Waals surface area contributed by atoms with E-state index >= 15 is 0 Å². The molecule has 0 bridgehead atoms. The van der Waals surface area contributed by atoms with Gasteiger partial charge in [-0.1, -0.05) is 0 Å². The van der Waals surface area contributed by atoms with Crippen molar-refractivity contribution in [3.05, 3.63) is 85.1 Å². The van der Waals surface area contributed by atoms with E-state index in [9.17, 15) is 9.59 Å². The quantitative estimate of drug-likeness (QED) is 0.631. The van der Waals surface area contributed by atoms with Gasteiger partial charge < -0.3 is 0 Å². The molecule has 1 heterocycles. The average molecular weight is 322 g/mol. The number of hydrogen-bond donors (Lipinski definition) is 0. The molecule has 1 aromatic heterocycles. The predicted molar refractivity (Wildman–Crippen MR) is 73.9 cm³/mol. The van der Waals surface area contributed by atoms with Crippen LogP contribution in [-0.4, -0.2) is 11.6 Å². The van der Waals surface area contributed by atoms with Crippen LogP contribution in [0.4, 0.5) is 0 Å². The molecule has 0 spiro atoms. The summed E-state index contributed by atoms with van der Waals surface area (Å²) in [5.74, 6) is 1.06.